The highest BCUT2D eigenvalue weighted by atomic mass is 32.2. The van der Waals surface area contributed by atoms with Gasteiger partial charge in [-0.05, 0) is 31.0 Å². The van der Waals surface area contributed by atoms with E-state index in [9.17, 15) is 30.8 Å². The number of carboxylic acid groups (broad SMARTS) is 1. The van der Waals surface area contributed by atoms with Crippen LogP contribution < -0.4 is 0 Å². The van der Waals surface area contributed by atoms with Crippen molar-refractivity contribution in [3.63, 3.8) is 0 Å². The minimum atomic E-state index is -4.74. The highest BCUT2D eigenvalue weighted by molar-refractivity contribution is 7.86. The molecule has 0 saturated heterocycles. The molecular weight excluding hydrogens is 392 g/mol. The monoisotopic (exact) mass is 416 g/mol. The van der Waals surface area contributed by atoms with Gasteiger partial charge in [0, 0.05) is 0 Å². The van der Waals surface area contributed by atoms with E-state index < -0.39 is 50.9 Å². The molecular formula is C17H24F4O5S. The first-order valence-electron chi connectivity index (χ1n) is 8.32. The summed E-state index contributed by atoms with van der Waals surface area (Å²) in [6.07, 6.45) is -0.746. The van der Waals surface area contributed by atoms with Crippen LogP contribution in [0.3, 0.4) is 0 Å². The number of alkyl halides is 3. The summed E-state index contributed by atoms with van der Waals surface area (Å²) < 4.78 is 79.2. The van der Waals surface area contributed by atoms with Gasteiger partial charge in [-0.15, -0.1) is 0 Å². The molecule has 0 aliphatic rings. The van der Waals surface area contributed by atoms with E-state index in [-0.39, 0.29) is 6.07 Å². The van der Waals surface area contributed by atoms with E-state index in [1.54, 1.807) is 6.92 Å². The molecule has 1 atom stereocenters. The second kappa shape index (κ2) is 11.2. The topological polar surface area (TPSA) is 91.7 Å². The molecule has 0 fully saturated rings. The molecule has 0 radical (unpaired) electrons. The third-order valence-corrected chi connectivity index (χ3v) is 4.94. The van der Waals surface area contributed by atoms with Crippen molar-refractivity contribution in [1.82, 2.24) is 0 Å². The van der Waals surface area contributed by atoms with Crippen LogP contribution in [0.1, 0.15) is 57.1 Å². The SMILES string of the molecule is CCCCCCC(C)S(=O)(=O)O.O=C(O)Cc1ccc(F)cc1C(F)(F)F. The van der Waals surface area contributed by atoms with Gasteiger partial charge in [0.15, 0.2) is 0 Å². The van der Waals surface area contributed by atoms with E-state index >= 15 is 0 Å². The summed E-state index contributed by atoms with van der Waals surface area (Å²) in [5, 5.41) is 7.76. The second-order valence-corrected chi connectivity index (χ2v) is 7.88. The van der Waals surface area contributed by atoms with Crippen molar-refractivity contribution in [1.29, 1.82) is 0 Å². The van der Waals surface area contributed by atoms with Crippen molar-refractivity contribution in [3.05, 3.63) is 35.1 Å². The van der Waals surface area contributed by atoms with Crippen LogP contribution >= 0.6 is 0 Å². The standard InChI is InChI=1S/C9H6F4O2.C8H18O3S/c10-6-2-1-5(3-8(14)15)7(4-6)9(11,12)13;1-3-4-5-6-7-8(2)12(9,10)11/h1-2,4H,3H2,(H,14,15);8H,3-7H2,1-2H3,(H,9,10,11). The lowest BCUT2D eigenvalue weighted by Crippen LogP contribution is -2.15. The van der Waals surface area contributed by atoms with Crippen LogP contribution in [0.4, 0.5) is 17.6 Å². The van der Waals surface area contributed by atoms with Crippen molar-refractivity contribution < 1.29 is 40.4 Å². The zero-order valence-electron chi connectivity index (χ0n) is 15.1. The molecule has 0 aromatic heterocycles. The first kappa shape index (κ1) is 25.3. The largest absolute Gasteiger partial charge is 0.481 e. The number of carboxylic acids is 1. The summed E-state index contributed by atoms with van der Waals surface area (Å²) in [5.41, 5.74) is -1.69. The minimum Gasteiger partial charge on any atom is -0.481 e. The molecule has 1 unspecified atom stereocenters. The number of hydrogen-bond acceptors (Lipinski definition) is 3. The number of unbranched alkanes of at least 4 members (excludes halogenated alkanes) is 3. The molecule has 27 heavy (non-hydrogen) atoms. The Morgan fingerprint density at radius 2 is 1.78 bits per heavy atom. The summed E-state index contributed by atoms with van der Waals surface area (Å²) in [7, 11) is -3.79. The maximum atomic E-state index is 12.6. The third-order valence-electron chi connectivity index (χ3n) is 3.69. The van der Waals surface area contributed by atoms with Crippen LogP contribution in [0, 0.1) is 5.82 Å². The number of rotatable bonds is 8. The van der Waals surface area contributed by atoms with Crippen molar-refractivity contribution >= 4 is 16.1 Å². The lowest BCUT2D eigenvalue weighted by molar-refractivity contribution is -0.139. The lowest BCUT2D eigenvalue weighted by Gasteiger charge is -2.11. The Morgan fingerprint density at radius 3 is 2.22 bits per heavy atom. The molecule has 10 heteroatoms. The number of carbonyl (C=O) groups is 1. The van der Waals surface area contributed by atoms with Gasteiger partial charge in [0.2, 0.25) is 0 Å². The smallest absolute Gasteiger partial charge is 0.416 e. The number of benzene rings is 1. The molecule has 0 saturated carbocycles. The average Bonchev–Trinajstić information content (AvgIpc) is 2.51. The van der Waals surface area contributed by atoms with E-state index in [2.05, 4.69) is 6.92 Å². The highest BCUT2D eigenvalue weighted by Crippen LogP contribution is 2.32. The van der Waals surface area contributed by atoms with Gasteiger partial charge in [-0.2, -0.15) is 21.6 Å². The molecule has 0 aliphatic heterocycles. The summed E-state index contributed by atoms with van der Waals surface area (Å²) in [6, 6.07) is 1.91. The molecule has 0 aliphatic carbocycles. The van der Waals surface area contributed by atoms with Crippen LogP contribution in [0.5, 0.6) is 0 Å². The Hall–Kier alpha value is -1.68. The summed E-state index contributed by atoms with van der Waals surface area (Å²) >= 11 is 0. The predicted molar refractivity (Wildman–Crippen MR) is 92.5 cm³/mol. The molecule has 156 valence electrons. The zero-order valence-corrected chi connectivity index (χ0v) is 15.9. The summed E-state index contributed by atoms with van der Waals surface area (Å²) in [5.74, 6) is -2.44. The van der Waals surface area contributed by atoms with Crippen molar-refractivity contribution in [2.45, 2.75) is 63.8 Å². The maximum Gasteiger partial charge on any atom is 0.416 e. The molecule has 0 bridgehead atoms. The number of aliphatic carboxylic acids is 1. The fourth-order valence-corrected chi connectivity index (χ4v) is 2.60. The molecule has 0 amide bonds. The molecule has 1 aromatic rings. The van der Waals surface area contributed by atoms with Crippen molar-refractivity contribution in [3.8, 4) is 0 Å². The molecule has 5 nitrogen and oxygen atoms in total. The van der Waals surface area contributed by atoms with Gasteiger partial charge >= 0.3 is 12.1 Å². The van der Waals surface area contributed by atoms with E-state index in [4.69, 9.17) is 9.66 Å². The number of halogens is 4. The Kier molecular flexibility index (Phi) is 10.5. The minimum absolute atomic E-state index is 0.290. The van der Waals surface area contributed by atoms with Crippen molar-refractivity contribution in [2.75, 3.05) is 0 Å². The average molecular weight is 416 g/mol. The molecule has 1 rings (SSSR count). The van der Waals surface area contributed by atoms with Gasteiger partial charge in [-0.1, -0.05) is 38.7 Å². The van der Waals surface area contributed by atoms with Gasteiger partial charge in [0.25, 0.3) is 10.1 Å². The van der Waals surface area contributed by atoms with Crippen LogP contribution in [0.2, 0.25) is 0 Å². The summed E-state index contributed by atoms with van der Waals surface area (Å²) in [6.45, 7) is 3.65. The van der Waals surface area contributed by atoms with Crippen LogP contribution in [-0.4, -0.2) is 29.3 Å². The van der Waals surface area contributed by atoms with Crippen molar-refractivity contribution in [2.24, 2.45) is 0 Å². The molecule has 0 spiro atoms. The second-order valence-electron chi connectivity index (χ2n) is 6.04. The quantitative estimate of drug-likeness (QED) is 0.364. The van der Waals surface area contributed by atoms with Crippen LogP contribution in [-0.2, 0) is 27.5 Å². The Labute approximate surface area is 156 Å². The molecule has 0 heterocycles. The normalized spacial score (nSPS) is 12.9. The predicted octanol–water partition coefficient (Wildman–Crippen LogP) is 4.70. The maximum absolute atomic E-state index is 12.6. The first-order chi connectivity index (χ1) is 12.3. The van der Waals surface area contributed by atoms with Gasteiger partial charge < -0.3 is 5.11 Å². The van der Waals surface area contributed by atoms with E-state index in [1.807, 2.05) is 0 Å². The molecule has 2 N–H and O–H groups in total. The fraction of sp³-hybridized carbons (Fsp3) is 0.588. The Morgan fingerprint density at radius 1 is 1.19 bits per heavy atom. The number of hydrogen-bond donors (Lipinski definition) is 2. The van der Waals surface area contributed by atoms with E-state index in [0.29, 0.717) is 6.42 Å². The summed E-state index contributed by atoms with van der Waals surface area (Å²) in [4.78, 5) is 10.3. The van der Waals surface area contributed by atoms with Gasteiger partial charge in [0.1, 0.15) is 5.82 Å². The van der Waals surface area contributed by atoms with Crippen LogP contribution in [0.15, 0.2) is 18.2 Å². The van der Waals surface area contributed by atoms with Gasteiger partial charge in [0.05, 0.1) is 17.2 Å². The molecule has 1 aromatic carbocycles. The fourth-order valence-electron chi connectivity index (χ4n) is 2.14. The van der Waals surface area contributed by atoms with Gasteiger partial charge in [-0.3, -0.25) is 9.35 Å². The lowest BCUT2D eigenvalue weighted by atomic mass is 10.0. The van der Waals surface area contributed by atoms with E-state index in [1.165, 1.54) is 0 Å². The van der Waals surface area contributed by atoms with Gasteiger partial charge in [-0.25, -0.2) is 4.39 Å². The Balaban J connectivity index is 0.000000516. The Bertz CT molecular complexity index is 702. The zero-order chi connectivity index (χ0) is 21.3. The van der Waals surface area contributed by atoms with Crippen LogP contribution in [0.25, 0.3) is 0 Å². The highest BCUT2D eigenvalue weighted by Gasteiger charge is 2.34. The van der Waals surface area contributed by atoms with E-state index in [0.717, 1.165) is 37.8 Å². The first-order valence-corrected chi connectivity index (χ1v) is 9.83. The third kappa shape index (κ3) is 10.9.